The van der Waals surface area contributed by atoms with Crippen LogP contribution in [-0.2, 0) is 6.54 Å². The number of hydrogen-bond acceptors (Lipinski definition) is 4. The number of nitrogens with one attached hydrogen (secondary N) is 3. The van der Waals surface area contributed by atoms with E-state index in [0.717, 1.165) is 43.6 Å². The lowest BCUT2D eigenvalue weighted by atomic mass is 10.0. The fourth-order valence-electron chi connectivity index (χ4n) is 3.50. The maximum absolute atomic E-state index is 5.63. The van der Waals surface area contributed by atoms with E-state index in [1.165, 1.54) is 18.4 Å². The van der Waals surface area contributed by atoms with Gasteiger partial charge in [-0.2, -0.15) is 5.10 Å². The van der Waals surface area contributed by atoms with Crippen LogP contribution in [0, 0.1) is 0 Å². The van der Waals surface area contributed by atoms with Gasteiger partial charge in [-0.1, -0.05) is 18.2 Å². The molecular weight excluding hydrogens is 340 g/mol. The summed E-state index contributed by atoms with van der Waals surface area (Å²) in [5.41, 5.74) is 2.21. The van der Waals surface area contributed by atoms with Crippen molar-refractivity contribution in [3.05, 3.63) is 47.8 Å². The highest BCUT2D eigenvalue weighted by atomic mass is 16.5. The molecule has 0 saturated carbocycles. The molecule has 2 heterocycles. The molecule has 1 unspecified atom stereocenters. The second-order valence-corrected chi connectivity index (χ2v) is 6.66. The average Bonchev–Trinajstić information content (AvgIpc) is 3.41. The Morgan fingerprint density at radius 2 is 2.07 bits per heavy atom. The van der Waals surface area contributed by atoms with Crippen molar-refractivity contribution in [2.45, 2.75) is 32.4 Å². The number of guanidine groups is 1. The maximum atomic E-state index is 5.63. The summed E-state index contributed by atoms with van der Waals surface area (Å²) in [6, 6.07) is 10.5. The zero-order chi connectivity index (χ0) is 18.9. The van der Waals surface area contributed by atoms with Crippen molar-refractivity contribution in [1.82, 2.24) is 25.7 Å². The van der Waals surface area contributed by atoms with E-state index in [2.05, 4.69) is 49.8 Å². The van der Waals surface area contributed by atoms with Crippen LogP contribution in [0.15, 0.2) is 41.5 Å². The molecule has 1 fully saturated rings. The Labute approximate surface area is 161 Å². The predicted molar refractivity (Wildman–Crippen MR) is 108 cm³/mol. The van der Waals surface area contributed by atoms with Gasteiger partial charge in [0.1, 0.15) is 5.75 Å². The summed E-state index contributed by atoms with van der Waals surface area (Å²) < 4.78 is 5.63. The lowest BCUT2D eigenvalue weighted by Gasteiger charge is -2.30. The summed E-state index contributed by atoms with van der Waals surface area (Å²) in [6.07, 6.45) is 4.25. The van der Waals surface area contributed by atoms with Crippen LogP contribution in [0.3, 0.4) is 0 Å². The van der Waals surface area contributed by atoms with Gasteiger partial charge in [-0.15, -0.1) is 0 Å². The molecule has 0 amide bonds. The fraction of sp³-hybridized carbons (Fsp3) is 0.500. The van der Waals surface area contributed by atoms with E-state index >= 15 is 0 Å². The summed E-state index contributed by atoms with van der Waals surface area (Å²) in [5, 5.41) is 13.8. The quantitative estimate of drug-likeness (QED) is 0.491. The molecule has 0 spiro atoms. The van der Waals surface area contributed by atoms with Gasteiger partial charge in [0.15, 0.2) is 5.96 Å². The van der Waals surface area contributed by atoms with Crippen molar-refractivity contribution < 1.29 is 4.74 Å². The van der Waals surface area contributed by atoms with Crippen LogP contribution in [-0.4, -0.2) is 54.3 Å². The molecule has 1 saturated heterocycles. The maximum Gasteiger partial charge on any atom is 0.191 e. The number of aliphatic imine (C=N–C) groups is 1. The highest BCUT2D eigenvalue weighted by Gasteiger charge is 2.26. The van der Waals surface area contributed by atoms with E-state index < -0.39 is 0 Å². The molecule has 2 aromatic rings. The van der Waals surface area contributed by atoms with E-state index in [1.54, 1.807) is 13.3 Å². The van der Waals surface area contributed by atoms with E-state index in [0.29, 0.717) is 6.54 Å². The number of methoxy groups -OCH3 is 1. The van der Waals surface area contributed by atoms with E-state index in [9.17, 15) is 0 Å². The molecule has 146 valence electrons. The molecule has 1 atom stereocenters. The Bertz CT molecular complexity index is 709. The van der Waals surface area contributed by atoms with Gasteiger partial charge in [0.25, 0.3) is 0 Å². The molecule has 0 radical (unpaired) electrons. The van der Waals surface area contributed by atoms with E-state index in [-0.39, 0.29) is 6.04 Å². The molecule has 7 heteroatoms. The molecule has 1 aromatic carbocycles. The van der Waals surface area contributed by atoms with Gasteiger partial charge in [-0.3, -0.25) is 10.00 Å². The first-order chi connectivity index (χ1) is 13.3. The standard InChI is InChI=1S/C20H30N6O/c1-3-21-20(22-14-16-10-11-24-25-16)23-15-18(26-12-6-7-13-26)17-8-4-5-9-19(17)27-2/h4-5,8-11,18H,3,6-7,12-15H2,1-2H3,(H,24,25)(H2,21,22,23). The summed E-state index contributed by atoms with van der Waals surface area (Å²) >= 11 is 0. The second kappa shape index (κ2) is 9.97. The zero-order valence-electron chi connectivity index (χ0n) is 16.2. The van der Waals surface area contributed by atoms with Crippen LogP contribution < -0.4 is 15.4 Å². The number of likely N-dealkylation sites (tertiary alicyclic amines) is 1. The van der Waals surface area contributed by atoms with Gasteiger partial charge < -0.3 is 15.4 Å². The molecule has 0 aliphatic carbocycles. The minimum Gasteiger partial charge on any atom is -0.496 e. The summed E-state index contributed by atoms with van der Waals surface area (Å²) in [5.74, 6) is 1.75. The Morgan fingerprint density at radius 3 is 2.78 bits per heavy atom. The van der Waals surface area contributed by atoms with Crippen LogP contribution in [0.1, 0.15) is 37.1 Å². The average molecular weight is 371 g/mol. The number of nitrogens with zero attached hydrogens (tertiary/aromatic N) is 3. The molecule has 3 rings (SSSR count). The smallest absolute Gasteiger partial charge is 0.191 e. The normalized spacial score (nSPS) is 16.3. The summed E-state index contributed by atoms with van der Waals surface area (Å²) in [7, 11) is 1.74. The second-order valence-electron chi connectivity index (χ2n) is 6.66. The molecular formula is C20H30N6O. The van der Waals surface area contributed by atoms with Crippen molar-refractivity contribution >= 4 is 5.96 Å². The van der Waals surface area contributed by atoms with Gasteiger partial charge in [0.2, 0.25) is 0 Å². The SMILES string of the molecule is CCNC(=NCc1ccn[nH]1)NCC(c1ccccc1OC)N1CCCC1. The largest absolute Gasteiger partial charge is 0.496 e. The van der Waals surface area contributed by atoms with Crippen LogP contribution in [0.5, 0.6) is 5.75 Å². The molecule has 1 aromatic heterocycles. The highest BCUT2D eigenvalue weighted by molar-refractivity contribution is 5.79. The van der Waals surface area contributed by atoms with E-state index in [1.807, 2.05) is 18.2 Å². The molecule has 27 heavy (non-hydrogen) atoms. The number of H-pyrrole nitrogens is 1. The van der Waals surface area contributed by atoms with Crippen molar-refractivity contribution in [2.75, 3.05) is 33.3 Å². The van der Waals surface area contributed by atoms with Gasteiger partial charge in [-0.05, 0) is 45.0 Å². The molecule has 3 N–H and O–H groups in total. The number of rotatable bonds is 8. The van der Waals surface area contributed by atoms with E-state index in [4.69, 9.17) is 4.74 Å². The minimum atomic E-state index is 0.250. The Hall–Kier alpha value is -2.54. The molecule has 1 aliphatic heterocycles. The Morgan fingerprint density at radius 1 is 1.26 bits per heavy atom. The first-order valence-corrected chi connectivity index (χ1v) is 9.69. The third-order valence-electron chi connectivity index (χ3n) is 4.85. The Balaban J connectivity index is 1.73. The number of benzene rings is 1. The van der Waals surface area contributed by atoms with Gasteiger partial charge in [0, 0.05) is 24.8 Å². The van der Waals surface area contributed by atoms with Crippen molar-refractivity contribution in [1.29, 1.82) is 0 Å². The molecule has 1 aliphatic rings. The van der Waals surface area contributed by atoms with Crippen LogP contribution in [0.25, 0.3) is 0 Å². The minimum absolute atomic E-state index is 0.250. The van der Waals surface area contributed by atoms with Crippen molar-refractivity contribution in [3.63, 3.8) is 0 Å². The summed E-state index contributed by atoms with van der Waals surface area (Å²) in [6.45, 7) is 6.47. The first kappa shape index (κ1) is 19.2. The fourth-order valence-corrected chi connectivity index (χ4v) is 3.50. The van der Waals surface area contributed by atoms with Crippen LogP contribution in [0.4, 0.5) is 0 Å². The highest BCUT2D eigenvalue weighted by Crippen LogP contribution is 2.31. The lowest BCUT2D eigenvalue weighted by Crippen LogP contribution is -2.42. The number of para-hydroxylation sites is 1. The number of aromatic nitrogens is 2. The predicted octanol–water partition coefficient (Wildman–Crippen LogP) is 2.31. The van der Waals surface area contributed by atoms with Crippen LogP contribution >= 0.6 is 0 Å². The number of aromatic amines is 1. The van der Waals surface area contributed by atoms with Gasteiger partial charge in [-0.25, -0.2) is 4.99 Å². The molecule has 0 bridgehead atoms. The monoisotopic (exact) mass is 370 g/mol. The Kier molecular flexibility index (Phi) is 7.10. The third kappa shape index (κ3) is 5.23. The van der Waals surface area contributed by atoms with Gasteiger partial charge >= 0.3 is 0 Å². The van der Waals surface area contributed by atoms with Crippen molar-refractivity contribution in [2.24, 2.45) is 4.99 Å². The van der Waals surface area contributed by atoms with Crippen LogP contribution in [0.2, 0.25) is 0 Å². The first-order valence-electron chi connectivity index (χ1n) is 9.69. The van der Waals surface area contributed by atoms with Crippen molar-refractivity contribution in [3.8, 4) is 5.75 Å². The number of ether oxygens (including phenoxy) is 1. The lowest BCUT2D eigenvalue weighted by molar-refractivity contribution is 0.239. The zero-order valence-corrected chi connectivity index (χ0v) is 16.2. The third-order valence-corrected chi connectivity index (χ3v) is 4.85. The summed E-state index contributed by atoms with van der Waals surface area (Å²) in [4.78, 5) is 7.20. The molecule has 7 nitrogen and oxygen atoms in total. The number of hydrogen-bond donors (Lipinski definition) is 3. The van der Waals surface area contributed by atoms with Gasteiger partial charge in [0.05, 0.1) is 25.4 Å². The topological polar surface area (TPSA) is 77.6 Å².